The van der Waals surface area contributed by atoms with Crippen molar-refractivity contribution in [3.8, 4) is 6.07 Å². The summed E-state index contributed by atoms with van der Waals surface area (Å²) >= 11 is 0. The predicted molar refractivity (Wildman–Crippen MR) is 107 cm³/mol. The van der Waals surface area contributed by atoms with Crippen molar-refractivity contribution in [3.05, 3.63) is 47.3 Å². The molecule has 0 bridgehead atoms. The molecule has 0 atom stereocenters. The number of rotatable bonds is 6. The fourth-order valence-corrected chi connectivity index (χ4v) is 5.10. The van der Waals surface area contributed by atoms with Crippen LogP contribution in [-0.2, 0) is 4.79 Å². The van der Waals surface area contributed by atoms with Gasteiger partial charge in [0.05, 0.1) is 5.56 Å². The molecule has 1 aromatic carbocycles. The molecule has 3 nitrogen and oxygen atoms in total. The highest BCUT2D eigenvalue weighted by Crippen LogP contribution is 2.44. The highest BCUT2D eigenvalue weighted by atomic mass is 19.1. The summed E-state index contributed by atoms with van der Waals surface area (Å²) in [4.78, 5) is 10.6. The number of hydrogen-bond donors (Lipinski definition) is 1. The molecule has 1 aromatic rings. The van der Waals surface area contributed by atoms with Gasteiger partial charge in [0, 0.05) is 6.42 Å². The lowest BCUT2D eigenvalue weighted by Crippen LogP contribution is -2.25. The van der Waals surface area contributed by atoms with Gasteiger partial charge in [-0.2, -0.15) is 5.26 Å². The van der Waals surface area contributed by atoms with Crippen molar-refractivity contribution < 1.29 is 14.3 Å². The van der Waals surface area contributed by atoms with Crippen LogP contribution in [0.25, 0.3) is 0 Å². The zero-order valence-electron chi connectivity index (χ0n) is 16.4. The minimum absolute atomic E-state index is 0.131. The average molecular weight is 384 g/mol. The second-order valence-corrected chi connectivity index (χ2v) is 8.50. The van der Waals surface area contributed by atoms with Gasteiger partial charge in [0.15, 0.2) is 0 Å². The third kappa shape index (κ3) is 5.44. The summed E-state index contributed by atoms with van der Waals surface area (Å²) in [7, 11) is 0. The highest BCUT2D eigenvalue weighted by Gasteiger charge is 2.31. The van der Waals surface area contributed by atoms with Crippen LogP contribution in [-0.4, -0.2) is 11.1 Å². The van der Waals surface area contributed by atoms with Gasteiger partial charge >= 0.3 is 5.97 Å². The molecule has 0 saturated heterocycles. The monoisotopic (exact) mass is 383 g/mol. The Morgan fingerprint density at radius 3 is 2.32 bits per heavy atom. The maximum Gasteiger partial charge on any atom is 0.303 e. The van der Waals surface area contributed by atoms with Crippen molar-refractivity contribution in [2.45, 2.75) is 70.1 Å². The molecule has 150 valence electrons. The summed E-state index contributed by atoms with van der Waals surface area (Å²) in [5.74, 6) is 1.51. The van der Waals surface area contributed by atoms with Crippen molar-refractivity contribution in [2.24, 2.45) is 17.8 Å². The van der Waals surface area contributed by atoms with E-state index in [9.17, 15) is 9.18 Å². The van der Waals surface area contributed by atoms with Crippen molar-refractivity contribution >= 4 is 5.97 Å². The van der Waals surface area contributed by atoms with E-state index < -0.39 is 11.8 Å². The van der Waals surface area contributed by atoms with E-state index in [0.29, 0.717) is 18.3 Å². The molecule has 28 heavy (non-hydrogen) atoms. The zero-order valence-corrected chi connectivity index (χ0v) is 16.4. The van der Waals surface area contributed by atoms with E-state index in [-0.39, 0.29) is 12.0 Å². The maximum absolute atomic E-state index is 13.9. The Bertz CT molecular complexity index is 735. The average Bonchev–Trinajstić information content (AvgIpc) is 2.71. The standard InChI is InChI=1S/C24H30FNO2/c25-23-15-21(13-14-22(23)16-26)20-11-9-19(10-12-20)18-7-5-17(6-8-18)3-1-2-4-24(27)28/h1,3,13-15,17-20H,2,4-12H2,(H,27,28). The van der Waals surface area contributed by atoms with Gasteiger partial charge in [-0.05, 0) is 99.2 Å². The number of halogens is 1. The molecule has 4 heteroatoms. The van der Waals surface area contributed by atoms with E-state index in [1.807, 2.05) is 18.2 Å². The zero-order chi connectivity index (χ0) is 19.9. The third-order valence-corrected chi connectivity index (χ3v) is 6.77. The van der Waals surface area contributed by atoms with Gasteiger partial charge in [0.1, 0.15) is 11.9 Å². The molecular weight excluding hydrogens is 353 g/mol. The first-order valence-corrected chi connectivity index (χ1v) is 10.6. The van der Waals surface area contributed by atoms with Gasteiger partial charge in [-0.15, -0.1) is 0 Å². The number of nitrogens with zero attached hydrogens (tertiary/aromatic N) is 1. The number of hydrogen-bond acceptors (Lipinski definition) is 2. The minimum atomic E-state index is -0.729. The molecule has 0 radical (unpaired) electrons. The molecule has 2 aliphatic carbocycles. The first-order chi connectivity index (χ1) is 13.6. The SMILES string of the molecule is N#Cc1ccc(C2CCC(C3CCC(C=CCCC(=O)O)CC3)CC2)cc1F. The normalized spacial score (nSPS) is 28.1. The number of nitriles is 1. The van der Waals surface area contributed by atoms with E-state index in [4.69, 9.17) is 10.4 Å². The van der Waals surface area contributed by atoms with Crippen LogP contribution in [0.4, 0.5) is 4.39 Å². The summed E-state index contributed by atoms with van der Waals surface area (Å²) in [6.07, 6.45) is 14.8. The summed E-state index contributed by atoms with van der Waals surface area (Å²) in [5.41, 5.74) is 1.18. The molecule has 2 fully saturated rings. The number of carboxylic acid groups (broad SMARTS) is 1. The molecule has 1 N–H and O–H groups in total. The van der Waals surface area contributed by atoms with Gasteiger partial charge < -0.3 is 5.11 Å². The van der Waals surface area contributed by atoms with Crippen LogP contribution in [0.3, 0.4) is 0 Å². The van der Waals surface area contributed by atoms with E-state index >= 15 is 0 Å². The highest BCUT2D eigenvalue weighted by molar-refractivity contribution is 5.66. The second-order valence-electron chi connectivity index (χ2n) is 8.50. The quantitative estimate of drug-likeness (QED) is 0.595. The summed E-state index contributed by atoms with van der Waals surface area (Å²) in [5, 5.41) is 17.6. The van der Waals surface area contributed by atoms with E-state index in [1.165, 1.54) is 38.5 Å². The van der Waals surface area contributed by atoms with Gasteiger partial charge in [-0.1, -0.05) is 18.2 Å². The number of aliphatic carboxylic acids is 1. The molecule has 0 spiro atoms. The molecule has 0 unspecified atom stereocenters. The van der Waals surface area contributed by atoms with Crippen LogP contribution in [0, 0.1) is 34.9 Å². The molecule has 2 aliphatic rings. The van der Waals surface area contributed by atoms with Gasteiger partial charge in [-0.25, -0.2) is 4.39 Å². The molecular formula is C24H30FNO2. The molecule has 2 saturated carbocycles. The van der Waals surface area contributed by atoms with Gasteiger partial charge in [0.25, 0.3) is 0 Å². The lowest BCUT2D eigenvalue weighted by atomic mass is 9.68. The smallest absolute Gasteiger partial charge is 0.303 e. The number of carbonyl (C=O) groups is 1. The van der Waals surface area contributed by atoms with Crippen LogP contribution in [0.5, 0.6) is 0 Å². The van der Waals surface area contributed by atoms with Crippen LogP contribution in [0.15, 0.2) is 30.4 Å². The Labute approximate surface area is 167 Å². The van der Waals surface area contributed by atoms with Crippen molar-refractivity contribution in [1.82, 2.24) is 0 Å². The molecule has 3 rings (SSSR count). The Morgan fingerprint density at radius 1 is 1.11 bits per heavy atom. The third-order valence-electron chi connectivity index (χ3n) is 6.77. The molecule has 0 amide bonds. The van der Waals surface area contributed by atoms with Crippen LogP contribution in [0.2, 0.25) is 0 Å². The van der Waals surface area contributed by atoms with Crippen molar-refractivity contribution in [3.63, 3.8) is 0 Å². The molecule has 0 aliphatic heterocycles. The Morgan fingerprint density at radius 2 is 1.75 bits per heavy atom. The first kappa shape index (κ1) is 20.6. The number of carboxylic acids is 1. The number of allylic oxidation sites excluding steroid dienone is 2. The van der Waals surface area contributed by atoms with Crippen molar-refractivity contribution in [2.75, 3.05) is 0 Å². The van der Waals surface area contributed by atoms with Crippen LogP contribution >= 0.6 is 0 Å². The summed E-state index contributed by atoms with van der Waals surface area (Å²) in [6.45, 7) is 0. The predicted octanol–water partition coefficient (Wildman–Crippen LogP) is 6.20. The minimum Gasteiger partial charge on any atom is -0.481 e. The maximum atomic E-state index is 13.9. The second kappa shape index (κ2) is 9.87. The Balaban J connectivity index is 1.43. The van der Waals surface area contributed by atoms with E-state index in [2.05, 4.69) is 6.08 Å². The van der Waals surface area contributed by atoms with Crippen molar-refractivity contribution in [1.29, 1.82) is 5.26 Å². The lowest BCUT2D eigenvalue weighted by molar-refractivity contribution is -0.136. The number of benzene rings is 1. The first-order valence-electron chi connectivity index (χ1n) is 10.6. The van der Waals surface area contributed by atoms with Crippen LogP contribution in [0.1, 0.15) is 81.3 Å². The van der Waals surface area contributed by atoms with Crippen LogP contribution < -0.4 is 0 Å². The lowest BCUT2D eigenvalue weighted by Gasteiger charge is -2.37. The molecule has 0 heterocycles. The fraction of sp³-hybridized carbons (Fsp3) is 0.583. The van der Waals surface area contributed by atoms with E-state index in [0.717, 1.165) is 30.2 Å². The summed E-state index contributed by atoms with van der Waals surface area (Å²) < 4.78 is 13.9. The fourth-order valence-electron chi connectivity index (χ4n) is 5.10. The van der Waals surface area contributed by atoms with E-state index in [1.54, 1.807) is 12.1 Å². The Kier molecular flexibility index (Phi) is 7.25. The summed E-state index contributed by atoms with van der Waals surface area (Å²) in [6, 6.07) is 6.99. The Hall–Kier alpha value is -2.15. The topological polar surface area (TPSA) is 61.1 Å². The molecule has 0 aromatic heterocycles. The largest absolute Gasteiger partial charge is 0.481 e. The van der Waals surface area contributed by atoms with Gasteiger partial charge in [-0.3, -0.25) is 4.79 Å². The van der Waals surface area contributed by atoms with Gasteiger partial charge in [0.2, 0.25) is 0 Å².